The van der Waals surface area contributed by atoms with Gasteiger partial charge in [0.05, 0.1) is 16.3 Å². The zero-order valence-electron chi connectivity index (χ0n) is 15.4. The first-order valence-electron chi connectivity index (χ1n) is 9.10. The third-order valence-electron chi connectivity index (χ3n) is 4.71. The number of hydrogen-bond donors (Lipinski definition) is 1. The van der Waals surface area contributed by atoms with Gasteiger partial charge in [-0.15, -0.1) is 23.1 Å². The maximum atomic E-state index is 12.9. The van der Waals surface area contributed by atoms with Crippen LogP contribution in [0.15, 0.2) is 70.9 Å². The number of thioether (sulfide) groups is 1. The fourth-order valence-corrected chi connectivity index (χ4v) is 4.93. The smallest absolute Gasteiger partial charge is 0.265 e. The van der Waals surface area contributed by atoms with Crippen LogP contribution in [-0.2, 0) is 11.2 Å². The van der Waals surface area contributed by atoms with Crippen LogP contribution in [0.5, 0.6) is 0 Å². The lowest BCUT2D eigenvalue weighted by Gasteiger charge is -2.22. The minimum absolute atomic E-state index is 0.0850. The van der Waals surface area contributed by atoms with Gasteiger partial charge in [0.25, 0.3) is 5.91 Å². The standard InChI is InChI=1S/C22H20N2O2S2/c1-15-13-16-7-2-4-9-18(16)24(15)21(25)14-28-19-10-5-3-8-17(19)23-22(26)20-11-6-12-27-20/h2-12,15H,13-14H2,1H3,(H,23,26). The molecule has 1 unspecified atom stereocenters. The Morgan fingerprint density at radius 3 is 2.71 bits per heavy atom. The molecule has 2 amide bonds. The maximum absolute atomic E-state index is 12.9. The molecule has 0 saturated carbocycles. The SMILES string of the molecule is CC1Cc2ccccc2N1C(=O)CSc1ccccc1NC(=O)c1cccs1. The number of nitrogens with zero attached hydrogens (tertiary/aromatic N) is 1. The summed E-state index contributed by atoms with van der Waals surface area (Å²) in [7, 11) is 0. The van der Waals surface area contributed by atoms with E-state index in [1.54, 1.807) is 6.07 Å². The maximum Gasteiger partial charge on any atom is 0.265 e. The molecule has 0 bridgehead atoms. The Labute approximate surface area is 172 Å². The number of rotatable bonds is 5. The quantitative estimate of drug-likeness (QED) is 0.600. The highest BCUT2D eigenvalue weighted by Gasteiger charge is 2.30. The van der Waals surface area contributed by atoms with Crippen molar-refractivity contribution in [3.05, 3.63) is 76.5 Å². The highest BCUT2D eigenvalue weighted by atomic mass is 32.2. The molecule has 2 aromatic carbocycles. The Hall–Kier alpha value is -2.57. The Morgan fingerprint density at radius 1 is 1.11 bits per heavy atom. The van der Waals surface area contributed by atoms with E-state index in [9.17, 15) is 9.59 Å². The molecule has 0 radical (unpaired) electrons. The molecule has 3 aromatic rings. The molecule has 2 heterocycles. The molecule has 1 aliphatic rings. The molecular weight excluding hydrogens is 388 g/mol. The molecule has 6 heteroatoms. The molecule has 1 aromatic heterocycles. The van der Waals surface area contributed by atoms with Crippen LogP contribution in [-0.4, -0.2) is 23.6 Å². The van der Waals surface area contributed by atoms with Crippen LogP contribution in [0.3, 0.4) is 0 Å². The van der Waals surface area contributed by atoms with Crippen molar-refractivity contribution in [3.63, 3.8) is 0 Å². The van der Waals surface area contributed by atoms with Gasteiger partial charge in [0, 0.05) is 16.6 Å². The van der Waals surface area contributed by atoms with Gasteiger partial charge in [-0.2, -0.15) is 0 Å². The number of hydrogen-bond acceptors (Lipinski definition) is 4. The van der Waals surface area contributed by atoms with E-state index in [1.165, 1.54) is 28.7 Å². The summed E-state index contributed by atoms with van der Waals surface area (Å²) in [5, 5.41) is 4.83. The lowest BCUT2D eigenvalue weighted by molar-refractivity contribution is -0.116. The third kappa shape index (κ3) is 3.84. The number of thiophene rings is 1. The Kier molecular flexibility index (Phi) is 5.50. The summed E-state index contributed by atoms with van der Waals surface area (Å²) in [6, 6.07) is 19.5. The number of carbonyl (C=O) groups excluding carboxylic acids is 2. The Balaban J connectivity index is 1.45. The molecule has 1 aliphatic heterocycles. The fourth-order valence-electron chi connectivity index (χ4n) is 3.44. The van der Waals surface area contributed by atoms with E-state index in [4.69, 9.17) is 0 Å². The molecule has 4 nitrogen and oxygen atoms in total. The van der Waals surface area contributed by atoms with E-state index in [2.05, 4.69) is 18.3 Å². The first kappa shape index (κ1) is 18.8. The number of amides is 2. The lowest BCUT2D eigenvalue weighted by atomic mass is 10.1. The summed E-state index contributed by atoms with van der Waals surface area (Å²) in [5.41, 5.74) is 2.96. The van der Waals surface area contributed by atoms with Crippen LogP contribution in [0, 0.1) is 0 Å². The first-order chi connectivity index (χ1) is 13.6. The van der Waals surface area contributed by atoms with E-state index < -0.39 is 0 Å². The average molecular weight is 409 g/mol. The van der Waals surface area contributed by atoms with Gasteiger partial charge in [-0.3, -0.25) is 9.59 Å². The minimum Gasteiger partial charge on any atom is -0.320 e. The molecule has 1 N–H and O–H groups in total. The van der Waals surface area contributed by atoms with Crippen molar-refractivity contribution in [1.82, 2.24) is 0 Å². The molecule has 0 fully saturated rings. The molecular formula is C22H20N2O2S2. The van der Waals surface area contributed by atoms with Gasteiger partial charge in [-0.1, -0.05) is 36.4 Å². The van der Waals surface area contributed by atoms with E-state index in [0.717, 1.165) is 22.7 Å². The lowest BCUT2D eigenvalue weighted by Crippen LogP contribution is -2.36. The van der Waals surface area contributed by atoms with Crippen LogP contribution in [0.25, 0.3) is 0 Å². The van der Waals surface area contributed by atoms with E-state index in [-0.39, 0.29) is 17.9 Å². The highest BCUT2D eigenvalue weighted by molar-refractivity contribution is 8.00. The number of anilines is 2. The third-order valence-corrected chi connectivity index (χ3v) is 6.63. The molecule has 28 heavy (non-hydrogen) atoms. The largest absolute Gasteiger partial charge is 0.320 e. The second-order valence-corrected chi connectivity index (χ2v) is 8.63. The first-order valence-corrected chi connectivity index (χ1v) is 11.0. The summed E-state index contributed by atoms with van der Waals surface area (Å²) in [6.07, 6.45) is 0.889. The number of nitrogens with one attached hydrogen (secondary N) is 1. The number of carbonyl (C=O) groups is 2. The normalized spacial score (nSPS) is 15.3. The molecule has 142 valence electrons. The number of fused-ring (bicyclic) bond motifs is 1. The molecule has 0 spiro atoms. The van der Waals surface area contributed by atoms with Crippen molar-refractivity contribution in [3.8, 4) is 0 Å². The minimum atomic E-state index is -0.128. The second-order valence-electron chi connectivity index (χ2n) is 6.66. The Bertz CT molecular complexity index is 1000. The van der Waals surface area contributed by atoms with Crippen LogP contribution >= 0.6 is 23.1 Å². The summed E-state index contributed by atoms with van der Waals surface area (Å²) in [4.78, 5) is 28.8. The van der Waals surface area contributed by atoms with Crippen molar-refractivity contribution in [2.75, 3.05) is 16.0 Å². The van der Waals surface area contributed by atoms with Gasteiger partial charge in [-0.25, -0.2) is 0 Å². The van der Waals surface area contributed by atoms with Gasteiger partial charge in [0.15, 0.2) is 0 Å². The van der Waals surface area contributed by atoms with Crippen molar-refractivity contribution in [2.45, 2.75) is 24.3 Å². The van der Waals surface area contributed by atoms with Gasteiger partial charge < -0.3 is 10.2 Å². The predicted molar refractivity (Wildman–Crippen MR) is 117 cm³/mol. The number of benzene rings is 2. The van der Waals surface area contributed by atoms with Crippen LogP contribution < -0.4 is 10.2 Å². The van der Waals surface area contributed by atoms with Gasteiger partial charge >= 0.3 is 0 Å². The van der Waals surface area contributed by atoms with Crippen LogP contribution in [0.4, 0.5) is 11.4 Å². The van der Waals surface area contributed by atoms with Gasteiger partial charge in [-0.05, 0) is 48.6 Å². The van der Waals surface area contributed by atoms with Crippen molar-refractivity contribution < 1.29 is 9.59 Å². The van der Waals surface area contributed by atoms with Crippen LogP contribution in [0.1, 0.15) is 22.2 Å². The molecule has 0 aliphatic carbocycles. The zero-order valence-corrected chi connectivity index (χ0v) is 17.1. The summed E-state index contributed by atoms with van der Waals surface area (Å²) in [5.74, 6) is 0.281. The fraction of sp³-hybridized carbons (Fsp3) is 0.182. The van der Waals surface area contributed by atoms with Crippen molar-refractivity contribution in [2.24, 2.45) is 0 Å². The van der Waals surface area contributed by atoms with Gasteiger partial charge in [0.2, 0.25) is 5.91 Å². The monoisotopic (exact) mass is 408 g/mol. The average Bonchev–Trinajstić information content (AvgIpc) is 3.34. The van der Waals surface area contributed by atoms with Crippen LogP contribution in [0.2, 0.25) is 0 Å². The van der Waals surface area contributed by atoms with Gasteiger partial charge in [0.1, 0.15) is 0 Å². The summed E-state index contributed by atoms with van der Waals surface area (Å²) < 4.78 is 0. The highest BCUT2D eigenvalue weighted by Crippen LogP contribution is 2.34. The Morgan fingerprint density at radius 2 is 1.89 bits per heavy atom. The van der Waals surface area contributed by atoms with E-state index in [0.29, 0.717) is 10.6 Å². The van der Waals surface area contributed by atoms with E-state index >= 15 is 0 Å². The number of para-hydroxylation sites is 2. The molecule has 4 rings (SSSR count). The second kappa shape index (κ2) is 8.20. The molecule has 0 saturated heterocycles. The summed E-state index contributed by atoms with van der Waals surface area (Å²) in [6.45, 7) is 2.08. The topological polar surface area (TPSA) is 49.4 Å². The molecule has 1 atom stereocenters. The van der Waals surface area contributed by atoms with E-state index in [1.807, 2.05) is 58.8 Å². The zero-order chi connectivity index (χ0) is 19.5. The van der Waals surface area contributed by atoms with Crippen molar-refractivity contribution >= 4 is 46.3 Å². The van der Waals surface area contributed by atoms with Crippen molar-refractivity contribution in [1.29, 1.82) is 0 Å². The summed E-state index contributed by atoms with van der Waals surface area (Å²) >= 11 is 2.86. The predicted octanol–water partition coefficient (Wildman–Crippen LogP) is 5.07.